The van der Waals surface area contributed by atoms with Crippen LogP contribution in [0.1, 0.15) is 40.9 Å². The molecule has 0 amide bonds. The van der Waals surface area contributed by atoms with Gasteiger partial charge in [0.05, 0.1) is 17.7 Å². The van der Waals surface area contributed by atoms with E-state index < -0.39 is 5.97 Å². The number of anilines is 1. The summed E-state index contributed by atoms with van der Waals surface area (Å²) in [4.78, 5) is 29.4. The lowest BCUT2D eigenvalue weighted by Crippen LogP contribution is -2.13. The van der Waals surface area contributed by atoms with Gasteiger partial charge in [0.1, 0.15) is 4.70 Å². The van der Waals surface area contributed by atoms with Crippen LogP contribution in [0.2, 0.25) is 0 Å². The molecular formula is C16H17N5O2S. The van der Waals surface area contributed by atoms with Crippen LogP contribution in [0.25, 0.3) is 10.3 Å². The van der Waals surface area contributed by atoms with Crippen molar-refractivity contribution in [2.45, 2.75) is 26.8 Å². The molecule has 1 unspecified atom stereocenters. The van der Waals surface area contributed by atoms with E-state index in [-0.39, 0.29) is 18.3 Å². The highest BCUT2D eigenvalue weighted by Gasteiger charge is 2.20. The van der Waals surface area contributed by atoms with Crippen molar-refractivity contribution in [3.05, 3.63) is 40.8 Å². The van der Waals surface area contributed by atoms with E-state index in [1.54, 1.807) is 19.3 Å². The molecule has 0 fully saturated rings. The monoisotopic (exact) mass is 343 g/mol. The molecule has 1 atom stereocenters. The van der Waals surface area contributed by atoms with Crippen molar-refractivity contribution < 1.29 is 9.53 Å². The molecule has 3 rings (SSSR count). The third kappa shape index (κ3) is 3.33. The van der Waals surface area contributed by atoms with Crippen molar-refractivity contribution >= 4 is 33.6 Å². The second-order valence-electron chi connectivity index (χ2n) is 5.15. The van der Waals surface area contributed by atoms with Gasteiger partial charge in [-0.15, -0.1) is 11.3 Å². The predicted octanol–water partition coefficient (Wildman–Crippen LogP) is 3.14. The second kappa shape index (κ2) is 6.88. The van der Waals surface area contributed by atoms with Crippen LogP contribution < -0.4 is 5.32 Å². The molecule has 3 aromatic rings. The molecule has 0 aliphatic heterocycles. The maximum Gasteiger partial charge on any atom is 0.358 e. The van der Waals surface area contributed by atoms with Crippen molar-refractivity contribution in [2.75, 3.05) is 11.9 Å². The minimum Gasteiger partial charge on any atom is -0.461 e. The number of ether oxygens (including phenoxy) is 1. The summed E-state index contributed by atoms with van der Waals surface area (Å²) in [5, 5.41) is 4.01. The molecular weight excluding hydrogens is 326 g/mol. The minimum absolute atomic E-state index is 0.0640. The summed E-state index contributed by atoms with van der Waals surface area (Å²) in [6.45, 7) is 5.89. The molecule has 0 bridgehead atoms. The number of thiazole rings is 1. The summed E-state index contributed by atoms with van der Waals surface area (Å²) < 4.78 is 5.75. The molecule has 1 N–H and O–H groups in total. The first-order chi connectivity index (χ1) is 11.6. The Bertz CT molecular complexity index is 866. The summed E-state index contributed by atoms with van der Waals surface area (Å²) in [7, 11) is 0. The molecule has 0 aliphatic carbocycles. The normalized spacial score (nSPS) is 12.1. The molecule has 0 aliphatic rings. The molecule has 24 heavy (non-hydrogen) atoms. The maximum absolute atomic E-state index is 12.2. The smallest absolute Gasteiger partial charge is 0.358 e. The van der Waals surface area contributed by atoms with Crippen molar-refractivity contribution in [3.8, 4) is 0 Å². The third-order valence-corrected chi connectivity index (χ3v) is 4.33. The Morgan fingerprint density at radius 3 is 2.92 bits per heavy atom. The summed E-state index contributed by atoms with van der Waals surface area (Å²) in [5.41, 5.74) is 1.73. The Morgan fingerprint density at radius 1 is 1.38 bits per heavy atom. The lowest BCUT2D eigenvalue weighted by atomic mass is 10.1. The van der Waals surface area contributed by atoms with E-state index in [9.17, 15) is 4.79 Å². The maximum atomic E-state index is 12.2. The summed E-state index contributed by atoms with van der Waals surface area (Å²) in [6, 6.07) is 3.76. The number of hydrogen-bond donors (Lipinski definition) is 1. The number of nitrogens with zero attached hydrogens (tertiary/aromatic N) is 4. The number of esters is 1. The van der Waals surface area contributed by atoms with Gasteiger partial charge in [-0.2, -0.15) is 4.98 Å². The number of hydrogen-bond acceptors (Lipinski definition) is 8. The van der Waals surface area contributed by atoms with Gasteiger partial charge in [-0.25, -0.2) is 14.8 Å². The van der Waals surface area contributed by atoms with Gasteiger partial charge < -0.3 is 10.1 Å². The molecule has 0 saturated carbocycles. The lowest BCUT2D eigenvalue weighted by Gasteiger charge is -2.14. The largest absolute Gasteiger partial charge is 0.461 e. The molecule has 0 aromatic carbocycles. The van der Waals surface area contributed by atoms with Gasteiger partial charge in [0.25, 0.3) is 0 Å². The van der Waals surface area contributed by atoms with E-state index in [4.69, 9.17) is 4.74 Å². The highest BCUT2D eigenvalue weighted by molar-refractivity contribution is 7.18. The van der Waals surface area contributed by atoms with Crippen molar-refractivity contribution in [1.82, 2.24) is 19.9 Å². The first-order valence-corrected chi connectivity index (χ1v) is 8.39. The van der Waals surface area contributed by atoms with Crippen LogP contribution in [-0.2, 0) is 4.74 Å². The fraction of sp³-hybridized carbons (Fsp3) is 0.312. The zero-order chi connectivity index (χ0) is 17.1. The molecule has 7 nitrogen and oxygen atoms in total. The standard InChI is InChI=1S/C16H17N5O2S/c1-4-23-15(22)12-13-14(19-10(3)24-13)21-16(20-12)18-9(2)11-6-5-7-17-8-11/h5-9H,4H2,1-3H3,(H,18,20,21). The van der Waals surface area contributed by atoms with E-state index in [1.165, 1.54) is 11.3 Å². The van der Waals surface area contributed by atoms with Gasteiger partial charge >= 0.3 is 5.97 Å². The van der Waals surface area contributed by atoms with Crippen LogP contribution in [0.5, 0.6) is 0 Å². The van der Waals surface area contributed by atoms with Gasteiger partial charge in [0.15, 0.2) is 11.3 Å². The molecule has 0 saturated heterocycles. The van der Waals surface area contributed by atoms with Crippen molar-refractivity contribution in [2.24, 2.45) is 0 Å². The van der Waals surface area contributed by atoms with E-state index >= 15 is 0 Å². The second-order valence-corrected chi connectivity index (χ2v) is 6.36. The zero-order valence-electron chi connectivity index (χ0n) is 13.6. The summed E-state index contributed by atoms with van der Waals surface area (Å²) >= 11 is 1.38. The highest BCUT2D eigenvalue weighted by atomic mass is 32.1. The Hall–Kier alpha value is -2.61. The average molecular weight is 343 g/mol. The van der Waals surface area contributed by atoms with Crippen LogP contribution in [0.15, 0.2) is 24.5 Å². The first-order valence-electron chi connectivity index (χ1n) is 7.57. The van der Waals surface area contributed by atoms with Crippen LogP contribution in [-0.4, -0.2) is 32.5 Å². The fourth-order valence-electron chi connectivity index (χ4n) is 2.24. The number of aryl methyl sites for hydroxylation is 1. The number of carbonyl (C=O) groups excluding carboxylic acids is 1. The van der Waals surface area contributed by atoms with Crippen LogP contribution in [0.4, 0.5) is 5.95 Å². The molecule has 124 valence electrons. The quantitative estimate of drug-likeness (QED) is 0.712. The van der Waals surface area contributed by atoms with E-state index in [1.807, 2.05) is 26.0 Å². The molecule has 3 aromatic heterocycles. The Labute approximate surface area is 143 Å². The number of aromatic nitrogens is 4. The predicted molar refractivity (Wildman–Crippen MR) is 92.2 cm³/mol. The van der Waals surface area contributed by atoms with Gasteiger partial charge in [-0.1, -0.05) is 6.07 Å². The summed E-state index contributed by atoms with van der Waals surface area (Å²) in [6.07, 6.45) is 3.49. The van der Waals surface area contributed by atoms with Crippen LogP contribution in [0.3, 0.4) is 0 Å². The van der Waals surface area contributed by atoms with Crippen molar-refractivity contribution in [3.63, 3.8) is 0 Å². The topological polar surface area (TPSA) is 89.9 Å². The number of rotatable bonds is 5. The molecule has 0 spiro atoms. The van der Waals surface area contributed by atoms with E-state index in [0.717, 1.165) is 10.6 Å². The fourth-order valence-corrected chi connectivity index (χ4v) is 3.08. The van der Waals surface area contributed by atoms with Crippen LogP contribution in [0, 0.1) is 6.92 Å². The highest BCUT2D eigenvalue weighted by Crippen LogP contribution is 2.26. The number of fused-ring (bicyclic) bond motifs is 1. The molecule has 0 radical (unpaired) electrons. The molecule has 8 heteroatoms. The van der Waals surface area contributed by atoms with E-state index in [0.29, 0.717) is 16.3 Å². The Balaban J connectivity index is 1.97. The minimum atomic E-state index is -0.467. The summed E-state index contributed by atoms with van der Waals surface area (Å²) in [5.74, 6) is -0.127. The molecule has 3 heterocycles. The van der Waals surface area contributed by atoms with E-state index in [2.05, 4.69) is 25.3 Å². The number of pyridine rings is 1. The number of nitrogens with one attached hydrogen (secondary N) is 1. The average Bonchev–Trinajstić information content (AvgIpc) is 2.95. The Kier molecular flexibility index (Phi) is 4.66. The zero-order valence-corrected chi connectivity index (χ0v) is 14.4. The SMILES string of the molecule is CCOC(=O)c1nc(NC(C)c2cccnc2)nc2nc(C)sc12. The van der Waals surface area contributed by atoms with Gasteiger partial charge in [0.2, 0.25) is 5.95 Å². The van der Waals surface area contributed by atoms with Gasteiger partial charge in [-0.05, 0) is 32.4 Å². The number of carbonyl (C=O) groups is 1. The van der Waals surface area contributed by atoms with Crippen molar-refractivity contribution in [1.29, 1.82) is 0 Å². The lowest BCUT2D eigenvalue weighted by molar-refractivity contribution is 0.0522. The van der Waals surface area contributed by atoms with Gasteiger partial charge in [-0.3, -0.25) is 4.98 Å². The van der Waals surface area contributed by atoms with Crippen LogP contribution >= 0.6 is 11.3 Å². The third-order valence-electron chi connectivity index (χ3n) is 3.36. The Morgan fingerprint density at radius 2 is 2.21 bits per heavy atom. The first kappa shape index (κ1) is 16.3. The van der Waals surface area contributed by atoms with Gasteiger partial charge in [0, 0.05) is 12.4 Å².